The number of carbonyl (C=O) groups is 1. The van der Waals surface area contributed by atoms with Gasteiger partial charge >= 0.3 is 8.80 Å². The molecule has 0 heterocycles. The van der Waals surface area contributed by atoms with Crippen molar-refractivity contribution in [2.24, 2.45) is 0 Å². The third kappa shape index (κ3) is 4.18. The zero-order valence-electron chi connectivity index (χ0n) is 10.5. The molecule has 0 saturated heterocycles. The van der Waals surface area contributed by atoms with Gasteiger partial charge in [0.2, 0.25) is 0 Å². The van der Waals surface area contributed by atoms with Crippen molar-refractivity contribution in [3.05, 3.63) is 0 Å². The van der Waals surface area contributed by atoms with E-state index in [9.17, 15) is 4.79 Å². The highest BCUT2D eigenvalue weighted by molar-refractivity contribution is 7.97. The van der Waals surface area contributed by atoms with E-state index in [2.05, 4.69) is 12.6 Å². The van der Waals surface area contributed by atoms with Crippen molar-refractivity contribution in [1.82, 2.24) is 0 Å². The molecule has 0 saturated carbocycles. The fourth-order valence-electron chi connectivity index (χ4n) is 1.61. The smallest absolute Gasteiger partial charge is 0.373 e. The van der Waals surface area contributed by atoms with Crippen molar-refractivity contribution < 1.29 is 18.1 Å². The van der Waals surface area contributed by atoms with Crippen LogP contribution < -0.4 is 0 Å². The van der Waals surface area contributed by atoms with Gasteiger partial charge in [-0.2, -0.15) is 0 Å². The van der Waals surface area contributed by atoms with Crippen molar-refractivity contribution >= 4 is 26.5 Å². The molecule has 0 radical (unpaired) electrons. The largest absolute Gasteiger partial charge is 0.512 e. The van der Waals surface area contributed by atoms with Crippen molar-refractivity contribution in [2.45, 2.75) is 39.7 Å². The van der Waals surface area contributed by atoms with Gasteiger partial charge in [0, 0.05) is 19.8 Å². The van der Waals surface area contributed by atoms with E-state index in [1.54, 1.807) is 0 Å². The summed E-state index contributed by atoms with van der Waals surface area (Å²) in [4.78, 5) is 11.5. The first kappa shape index (κ1) is 16.1. The van der Waals surface area contributed by atoms with Gasteiger partial charge in [-0.15, -0.1) is 12.6 Å². The third-order valence-electron chi connectivity index (χ3n) is 2.17. The number of carbonyl (C=O) groups excluding carboxylic acids is 1. The summed E-state index contributed by atoms with van der Waals surface area (Å²) in [5.41, 5.74) is -0.379. The number of hydrogen-bond acceptors (Lipinski definition) is 4. The molecule has 0 aromatic rings. The normalized spacial score (nSPS) is 13.8. The van der Waals surface area contributed by atoms with Crippen LogP contribution in [0.4, 0.5) is 0 Å². The molecule has 0 spiro atoms. The van der Waals surface area contributed by atoms with Gasteiger partial charge in [-0.25, -0.2) is 0 Å². The zero-order chi connectivity index (χ0) is 12.6. The first-order chi connectivity index (χ1) is 7.57. The molecule has 0 fully saturated rings. The van der Waals surface area contributed by atoms with Gasteiger partial charge in [-0.05, 0) is 27.2 Å². The van der Waals surface area contributed by atoms with Crippen LogP contribution >= 0.6 is 12.6 Å². The molecule has 0 N–H and O–H groups in total. The van der Waals surface area contributed by atoms with E-state index >= 15 is 0 Å². The maximum atomic E-state index is 11.5. The lowest BCUT2D eigenvalue weighted by atomic mass is 10.4. The van der Waals surface area contributed by atoms with Gasteiger partial charge in [0.15, 0.2) is 5.12 Å². The maximum absolute atomic E-state index is 11.5. The van der Waals surface area contributed by atoms with E-state index in [0.29, 0.717) is 26.2 Å². The summed E-state index contributed by atoms with van der Waals surface area (Å²) >= 11 is 3.90. The number of hydrogen-bond donors (Lipinski definition) is 1. The van der Waals surface area contributed by atoms with E-state index in [1.165, 1.54) is 0 Å². The lowest BCUT2D eigenvalue weighted by molar-refractivity contribution is -0.112. The van der Waals surface area contributed by atoms with Crippen molar-refractivity contribution in [2.75, 3.05) is 19.8 Å². The minimum Gasteiger partial charge on any atom is -0.373 e. The van der Waals surface area contributed by atoms with Gasteiger partial charge in [-0.1, -0.05) is 6.92 Å². The van der Waals surface area contributed by atoms with Gasteiger partial charge in [0.1, 0.15) is 0 Å². The quantitative estimate of drug-likeness (QED) is 0.514. The molecule has 16 heavy (non-hydrogen) atoms. The molecule has 4 nitrogen and oxygen atoms in total. The number of thiol groups is 1. The molecular weight excluding hydrogens is 244 g/mol. The standard InChI is InChI=1S/C10H22O4SSi/c1-5-9(10(11)15)16(12-6-2,13-7-3)14-8-4/h9H,5-8H2,1-4H3,(H,11,15). The average molecular weight is 266 g/mol. The summed E-state index contributed by atoms with van der Waals surface area (Å²) < 4.78 is 16.9. The minimum absolute atomic E-state index is 0.218. The summed E-state index contributed by atoms with van der Waals surface area (Å²) in [5.74, 6) is 0. The van der Waals surface area contributed by atoms with Gasteiger partial charge in [0.05, 0.1) is 5.54 Å². The lowest BCUT2D eigenvalue weighted by Gasteiger charge is -2.33. The molecule has 1 unspecified atom stereocenters. The van der Waals surface area contributed by atoms with E-state index in [1.807, 2.05) is 27.7 Å². The van der Waals surface area contributed by atoms with Gasteiger partial charge in [0.25, 0.3) is 0 Å². The Morgan fingerprint density at radius 2 is 1.44 bits per heavy atom. The first-order valence-electron chi connectivity index (χ1n) is 5.72. The summed E-state index contributed by atoms with van der Waals surface area (Å²) in [7, 11) is -2.91. The first-order valence-corrected chi connectivity index (χ1v) is 7.97. The highest BCUT2D eigenvalue weighted by Crippen LogP contribution is 2.31. The van der Waals surface area contributed by atoms with E-state index in [0.717, 1.165) is 0 Å². The topological polar surface area (TPSA) is 44.8 Å². The van der Waals surface area contributed by atoms with Crippen LogP contribution in [0, 0.1) is 0 Å². The van der Waals surface area contributed by atoms with Crippen LogP contribution in [0.5, 0.6) is 0 Å². The molecule has 0 aliphatic rings. The van der Waals surface area contributed by atoms with Gasteiger partial charge in [-0.3, -0.25) is 4.79 Å². The van der Waals surface area contributed by atoms with Crippen LogP contribution in [-0.4, -0.2) is 33.7 Å². The summed E-state index contributed by atoms with van der Waals surface area (Å²) in [5, 5.41) is -0.218. The van der Waals surface area contributed by atoms with Crippen molar-refractivity contribution in [3.8, 4) is 0 Å². The highest BCUT2D eigenvalue weighted by Gasteiger charge is 2.51. The molecule has 0 aromatic heterocycles. The Morgan fingerprint density at radius 3 is 1.62 bits per heavy atom. The third-order valence-corrected chi connectivity index (χ3v) is 6.32. The predicted molar refractivity (Wildman–Crippen MR) is 68.7 cm³/mol. The second-order valence-electron chi connectivity index (χ2n) is 3.20. The monoisotopic (exact) mass is 266 g/mol. The summed E-state index contributed by atoms with van der Waals surface area (Å²) in [6.07, 6.45) is 0.620. The van der Waals surface area contributed by atoms with E-state index in [4.69, 9.17) is 13.3 Å². The van der Waals surface area contributed by atoms with Gasteiger partial charge < -0.3 is 13.3 Å². The van der Waals surface area contributed by atoms with Crippen LogP contribution in [-0.2, 0) is 18.1 Å². The van der Waals surface area contributed by atoms with Crippen LogP contribution in [0.25, 0.3) is 0 Å². The fourth-order valence-corrected chi connectivity index (χ4v) is 5.13. The Bertz CT molecular complexity index is 196. The fraction of sp³-hybridized carbons (Fsp3) is 0.900. The highest BCUT2D eigenvalue weighted by atomic mass is 32.1. The molecule has 0 rings (SSSR count). The second kappa shape index (κ2) is 8.24. The molecule has 0 amide bonds. The van der Waals surface area contributed by atoms with Crippen LogP contribution in [0.15, 0.2) is 0 Å². The second-order valence-corrected chi connectivity index (χ2v) is 6.41. The average Bonchev–Trinajstić information content (AvgIpc) is 2.19. The van der Waals surface area contributed by atoms with Crippen LogP contribution in [0.1, 0.15) is 34.1 Å². The minimum atomic E-state index is -2.91. The molecule has 6 heteroatoms. The van der Waals surface area contributed by atoms with E-state index in [-0.39, 0.29) is 10.7 Å². The van der Waals surface area contributed by atoms with Crippen molar-refractivity contribution in [3.63, 3.8) is 0 Å². The molecule has 0 bridgehead atoms. The molecule has 96 valence electrons. The van der Waals surface area contributed by atoms with Crippen LogP contribution in [0.3, 0.4) is 0 Å². The molecular formula is C10H22O4SSi. The molecule has 0 aromatic carbocycles. The lowest BCUT2D eigenvalue weighted by Crippen LogP contribution is -2.52. The van der Waals surface area contributed by atoms with Crippen molar-refractivity contribution in [1.29, 1.82) is 0 Å². The Labute approximate surface area is 104 Å². The summed E-state index contributed by atoms with van der Waals surface area (Å²) in [6, 6.07) is 0. The van der Waals surface area contributed by atoms with Crippen LogP contribution in [0.2, 0.25) is 5.54 Å². The summed E-state index contributed by atoms with van der Waals surface area (Å²) in [6.45, 7) is 8.95. The molecule has 1 atom stereocenters. The molecule has 0 aliphatic heterocycles. The number of rotatable bonds is 9. The SMILES string of the molecule is CCO[Si](OCC)(OCC)C(CC)C(=O)S. The predicted octanol–water partition coefficient (Wildman–Crippen LogP) is 2.27. The maximum Gasteiger partial charge on any atom is 0.512 e. The molecule has 0 aliphatic carbocycles. The zero-order valence-corrected chi connectivity index (χ0v) is 12.4. The van der Waals surface area contributed by atoms with E-state index < -0.39 is 8.80 Å². The Morgan fingerprint density at radius 1 is 1.06 bits per heavy atom. The Hall–Kier alpha value is 0.117. The Balaban J connectivity index is 5.01. The Kier molecular flexibility index (Phi) is 8.30.